The molecule has 1 N–H and O–H groups in total. The predicted molar refractivity (Wildman–Crippen MR) is 66.8 cm³/mol. The maximum absolute atomic E-state index is 11.2. The van der Waals surface area contributed by atoms with Gasteiger partial charge >= 0.3 is 0 Å². The molecule has 90 valence electrons. The first-order chi connectivity index (χ1) is 7.96. The van der Waals surface area contributed by atoms with Gasteiger partial charge in [-0.15, -0.1) is 0 Å². The van der Waals surface area contributed by atoms with Crippen LogP contribution in [0.3, 0.4) is 0 Å². The van der Waals surface area contributed by atoms with E-state index in [2.05, 4.69) is 5.32 Å². The molecule has 0 bridgehead atoms. The Morgan fingerprint density at radius 1 is 1.29 bits per heavy atom. The monoisotopic (exact) mass is 251 g/mol. The number of ketones is 1. The third kappa shape index (κ3) is 2.94. The van der Waals surface area contributed by atoms with Crippen molar-refractivity contribution < 1.29 is 13.2 Å². The lowest BCUT2D eigenvalue weighted by atomic mass is 10.1. The maximum atomic E-state index is 11.2. The second kappa shape index (κ2) is 4.33. The Morgan fingerprint density at radius 3 is 2.41 bits per heavy atom. The minimum atomic E-state index is -3.03. The molecule has 1 aliphatic rings. The number of carbonyl (C=O) groups excluding carboxylic acids is 1. The SMILES string of the molecule is CC(=O)c1ccc(N[C@@H]2C=CS(=O)(=O)C2)cc1. The van der Waals surface area contributed by atoms with Gasteiger partial charge in [0.2, 0.25) is 0 Å². The van der Waals surface area contributed by atoms with Gasteiger partial charge < -0.3 is 5.32 Å². The minimum absolute atomic E-state index is 0.0138. The highest BCUT2D eigenvalue weighted by Gasteiger charge is 2.21. The summed E-state index contributed by atoms with van der Waals surface area (Å²) in [7, 11) is -3.03. The molecular weight excluding hydrogens is 238 g/mol. The zero-order valence-corrected chi connectivity index (χ0v) is 10.2. The van der Waals surface area contributed by atoms with Crippen LogP contribution in [0.2, 0.25) is 0 Å². The van der Waals surface area contributed by atoms with Gasteiger partial charge in [0.05, 0.1) is 11.8 Å². The molecule has 0 unspecified atom stereocenters. The van der Waals surface area contributed by atoms with Gasteiger partial charge in [-0.2, -0.15) is 0 Å². The van der Waals surface area contributed by atoms with E-state index in [0.29, 0.717) is 5.56 Å². The smallest absolute Gasteiger partial charge is 0.173 e. The molecule has 1 atom stereocenters. The van der Waals surface area contributed by atoms with Gasteiger partial charge in [-0.1, -0.05) is 6.08 Å². The van der Waals surface area contributed by atoms with Crippen molar-refractivity contribution in [1.82, 2.24) is 0 Å². The molecule has 1 aromatic rings. The number of hydrogen-bond acceptors (Lipinski definition) is 4. The number of Topliss-reactive ketones (excluding diaryl/α,β-unsaturated/α-hetero) is 1. The van der Waals surface area contributed by atoms with Crippen LogP contribution in [-0.4, -0.2) is 26.0 Å². The van der Waals surface area contributed by atoms with E-state index in [1.165, 1.54) is 12.3 Å². The average molecular weight is 251 g/mol. The van der Waals surface area contributed by atoms with Crippen LogP contribution in [0.1, 0.15) is 17.3 Å². The van der Waals surface area contributed by atoms with E-state index in [1.807, 2.05) is 0 Å². The zero-order chi connectivity index (χ0) is 12.5. The van der Waals surface area contributed by atoms with Gasteiger partial charge in [0.1, 0.15) is 0 Å². The number of hydrogen-bond donors (Lipinski definition) is 1. The Kier molecular flexibility index (Phi) is 3.02. The third-order valence-electron chi connectivity index (χ3n) is 2.57. The number of sulfone groups is 1. The second-order valence-electron chi connectivity index (χ2n) is 4.04. The van der Waals surface area contributed by atoms with Crippen molar-refractivity contribution >= 4 is 21.3 Å². The number of nitrogens with one attached hydrogen (secondary N) is 1. The normalized spacial score (nSPS) is 21.4. The van der Waals surface area contributed by atoms with Crippen molar-refractivity contribution in [3.8, 4) is 0 Å². The molecule has 1 aromatic carbocycles. The maximum Gasteiger partial charge on any atom is 0.173 e. The summed E-state index contributed by atoms with van der Waals surface area (Å²) in [5.74, 6) is 0.0986. The summed E-state index contributed by atoms with van der Waals surface area (Å²) in [6.07, 6.45) is 1.63. The van der Waals surface area contributed by atoms with Crippen LogP contribution in [0.5, 0.6) is 0 Å². The van der Waals surface area contributed by atoms with Crippen LogP contribution in [0.25, 0.3) is 0 Å². The summed E-state index contributed by atoms with van der Waals surface area (Å²) in [5, 5.41) is 4.32. The molecule has 1 heterocycles. The number of rotatable bonds is 3. The van der Waals surface area contributed by atoms with Gasteiger partial charge in [0.15, 0.2) is 15.6 Å². The van der Waals surface area contributed by atoms with Gasteiger partial charge in [-0.3, -0.25) is 4.79 Å². The quantitative estimate of drug-likeness (QED) is 0.829. The lowest BCUT2D eigenvalue weighted by Gasteiger charge is -2.11. The molecule has 0 spiro atoms. The molecule has 0 radical (unpaired) electrons. The molecule has 17 heavy (non-hydrogen) atoms. The van der Waals surface area contributed by atoms with Crippen molar-refractivity contribution in [2.45, 2.75) is 13.0 Å². The number of anilines is 1. The molecular formula is C12H13NO3S. The van der Waals surface area contributed by atoms with Crippen molar-refractivity contribution in [2.24, 2.45) is 0 Å². The lowest BCUT2D eigenvalue weighted by Crippen LogP contribution is -2.20. The first-order valence-corrected chi connectivity index (χ1v) is 6.96. The van der Waals surface area contributed by atoms with E-state index in [-0.39, 0.29) is 17.6 Å². The average Bonchev–Trinajstić information content (AvgIpc) is 2.59. The Labute approximate surface area is 100 Å². The van der Waals surface area contributed by atoms with Crippen molar-refractivity contribution in [1.29, 1.82) is 0 Å². The molecule has 2 rings (SSSR count). The van der Waals surface area contributed by atoms with Crippen molar-refractivity contribution in [2.75, 3.05) is 11.1 Å². The predicted octanol–water partition coefficient (Wildman–Crippen LogP) is 1.61. The molecule has 0 aliphatic carbocycles. The molecule has 0 saturated carbocycles. The third-order valence-corrected chi connectivity index (χ3v) is 3.97. The molecule has 0 saturated heterocycles. The van der Waals surface area contributed by atoms with Crippen LogP contribution in [-0.2, 0) is 9.84 Å². The van der Waals surface area contributed by atoms with E-state index in [1.54, 1.807) is 30.3 Å². The summed E-state index contributed by atoms with van der Waals surface area (Å²) in [6, 6.07) is 6.80. The summed E-state index contributed by atoms with van der Waals surface area (Å²) < 4.78 is 22.4. The summed E-state index contributed by atoms with van der Waals surface area (Å²) >= 11 is 0. The van der Waals surface area contributed by atoms with Crippen molar-refractivity contribution in [3.05, 3.63) is 41.3 Å². The second-order valence-corrected chi connectivity index (χ2v) is 5.97. The Balaban J connectivity index is 2.06. The fourth-order valence-corrected chi connectivity index (χ4v) is 2.92. The highest BCUT2D eigenvalue weighted by Crippen LogP contribution is 2.16. The summed E-state index contributed by atoms with van der Waals surface area (Å²) in [6.45, 7) is 1.51. The minimum Gasteiger partial charge on any atom is -0.378 e. The number of benzene rings is 1. The van der Waals surface area contributed by atoms with Crippen LogP contribution in [0.4, 0.5) is 5.69 Å². The van der Waals surface area contributed by atoms with Crippen LogP contribution < -0.4 is 5.32 Å². The highest BCUT2D eigenvalue weighted by atomic mass is 32.2. The fourth-order valence-electron chi connectivity index (χ4n) is 1.68. The molecule has 5 heteroatoms. The first-order valence-electron chi connectivity index (χ1n) is 5.25. The summed E-state index contributed by atoms with van der Waals surface area (Å²) in [4.78, 5) is 11.1. The number of carbonyl (C=O) groups is 1. The lowest BCUT2D eigenvalue weighted by molar-refractivity contribution is 0.101. The molecule has 0 fully saturated rings. The van der Waals surface area contributed by atoms with Crippen molar-refractivity contribution in [3.63, 3.8) is 0 Å². The van der Waals surface area contributed by atoms with Gasteiger partial charge in [-0.25, -0.2) is 8.42 Å². The first kappa shape index (κ1) is 11.9. The van der Waals surface area contributed by atoms with Gasteiger partial charge in [0, 0.05) is 16.7 Å². The molecule has 1 aliphatic heterocycles. The van der Waals surface area contributed by atoms with Crippen LogP contribution >= 0.6 is 0 Å². The molecule has 0 amide bonds. The Morgan fingerprint density at radius 2 is 1.94 bits per heavy atom. The fraction of sp³-hybridized carbons (Fsp3) is 0.250. The largest absolute Gasteiger partial charge is 0.378 e. The van der Waals surface area contributed by atoms with Crippen LogP contribution in [0, 0.1) is 0 Å². The van der Waals surface area contributed by atoms with E-state index in [4.69, 9.17) is 0 Å². The van der Waals surface area contributed by atoms with E-state index in [0.717, 1.165) is 5.69 Å². The Hall–Kier alpha value is -1.62. The van der Waals surface area contributed by atoms with E-state index >= 15 is 0 Å². The van der Waals surface area contributed by atoms with E-state index < -0.39 is 9.84 Å². The standard InChI is InChI=1S/C12H13NO3S/c1-9(14)10-2-4-11(5-3-10)13-12-6-7-17(15,16)8-12/h2-7,12-13H,8H2,1H3/t12-/m1/s1. The van der Waals surface area contributed by atoms with E-state index in [9.17, 15) is 13.2 Å². The molecule has 0 aromatic heterocycles. The summed E-state index contributed by atoms with van der Waals surface area (Å²) in [5.41, 5.74) is 1.45. The zero-order valence-electron chi connectivity index (χ0n) is 9.38. The molecule has 4 nitrogen and oxygen atoms in total. The van der Waals surface area contributed by atoms with Gasteiger partial charge in [0.25, 0.3) is 0 Å². The highest BCUT2D eigenvalue weighted by molar-refractivity contribution is 7.94. The Bertz CT molecular complexity index is 558. The van der Waals surface area contributed by atoms with Crippen LogP contribution in [0.15, 0.2) is 35.7 Å². The van der Waals surface area contributed by atoms with Gasteiger partial charge in [-0.05, 0) is 31.2 Å². The topological polar surface area (TPSA) is 63.2 Å².